The van der Waals surface area contributed by atoms with Gasteiger partial charge in [0.25, 0.3) is 0 Å². The molecule has 2 aliphatic heterocycles. The molecule has 1 amide bonds. The maximum absolute atomic E-state index is 12.9. The molecule has 0 N–H and O–H groups in total. The number of benzene rings is 1. The molecule has 5 rings (SSSR count). The van der Waals surface area contributed by atoms with Crippen molar-refractivity contribution in [3.63, 3.8) is 0 Å². The number of aromatic nitrogens is 3. The highest BCUT2D eigenvalue weighted by Gasteiger charge is 2.28. The minimum absolute atomic E-state index is 0.0242. The van der Waals surface area contributed by atoms with Crippen molar-refractivity contribution in [2.24, 2.45) is 5.92 Å². The Morgan fingerprint density at radius 1 is 1.03 bits per heavy atom. The van der Waals surface area contributed by atoms with Crippen molar-refractivity contribution in [3.05, 3.63) is 42.5 Å². The van der Waals surface area contributed by atoms with E-state index in [9.17, 15) is 9.59 Å². The molecule has 1 aromatic carbocycles. The summed E-state index contributed by atoms with van der Waals surface area (Å²) in [5, 5.41) is 9.45. The molecule has 0 aliphatic carbocycles. The first-order chi connectivity index (χ1) is 15.7. The van der Waals surface area contributed by atoms with E-state index in [1.807, 2.05) is 29.2 Å². The van der Waals surface area contributed by atoms with Crippen LogP contribution in [0.15, 0.2) is 41.3 Å². The monoisotopic (exact) mass is 433 g/mol. The first kappa shape index (κ1) is 20.8. The topological polar surface area (TPSA) is 92.4 Å². The van der Waals surface area contributed by atoms with E-state index >= 15 is 0 Å². The van der Waals surface area contributed by atoms with Crippen LogP contribution in [0.5, 0.6) is 0 Å². The van der Waals surface area contributed by atoms with E-state index in [4.69, 9.17) is 4.42 Å². The lowest BCUT2D eigenvalue weighted by Gasteiger charge is -2.32. The highest BCUT2D eigenvalue weighted by Crippen LogP contribution is 2.24. The Morgan fingerprint density at radius 2 is 1.84 bits per heavy atom. The fraction of sp³-hybridized carbons (Fsp3) is 0.458. The number of fused-ring (bicyclic) bond motifs is 1. The van der Waals surface area contributed by atoms with Crippen molar-refractivity contribution in [3.8, 4) is 11.3 Å². The molecule has 0 bridgehead atoms. The van der Waals surface area contributed by atoms with Gasteiger partial charge in [-0.3, -0.25) is 14.5 Å². The normalized spacial score (nSPS) is 17.8. The molecule has 8 heteroatoms. The lowest BCUT2D eigenvalue weighted by atomic mass is 9.90. The van der Waals surface area contributed by atoms with Crippen molar-refractivity contribution in [2.75, 3.05) is 32.7 Å². The van der Waals surface area contributed by atoms with E-state index in [1.54, 1.807) is 6.20 Å². The summed E-state index contributed by atoms with van der Waals surface area (Å²) in [5.41, 5.74) is 2.35. The Morgan fingerprint density at radius 3 is 2.59 bits per heavy atom. The molecule has 0 spiro atoms. The molecule has 8 nitrogen and oxygen atoms in total. The number of likely N-dealkylation sites (tertiary alicyclic amines) is 2. The zero-order valence-electron chi connectivity index (χ0n) is 18.1. The summed E-state index contributed by atoms with van der Waals surface area (Å²) in [6, 6.07) is 7.71. The third-order valence-electron chi connectivity index (χ3n) is 6.57. The van der Waals surface area contributed by atoms with Crippen LogP contribution in [-0.2, 0) is 16.0 Å². The van der Waals surface area contributed by atoms with E-state index in [-0.39, 0.29) is 24.0 Å². The number of Topliss-reactive ketones (excluding diaryl/α,β-unsaturated/α-hetero) is 1. The average molecular weight is 434 g/mol. The van der Waals surface area contributed by atoms with Crippen molar-refractivity contribution in [1.29, 1.82) is 0 Å². The largest absolute Gasteiger partial charge is 0.444 e. The fourth-order valence-corrected chi connectivity index (χ4v) is 4.69. The SMILES string of the molecule is O=C(Cc1cc2cc(-c3cnco3)ccc2nn1)C1CCN(C(=O)CN2CCCC2)CC1. The number of piperidine rings is 1. The highest BCUT2D eigenvalue weighted by molar-refractivity contribution is 5.86. The van der Waals surface area contributed by atoms with E-state index in [0.29, 0.717) is 31.1 Å². The maximum Gasteiger partial charge on any atom is 0.236 e. The predicted octanol–water partition coefficient (Wildman–Crippen LogP) is 2.73. The van der Waals surface area contributed by atoms with Crippen LogP contribution in [0.1, 0.15) is 31.4 Å². The lowest BCUT2D eigenvalue weighted by Crippen LogP contribution is -2.44. The van der Waals surface area contributed by atoms with E-state index in [1.165, 1.54) is 19.2 Å². The van der Waals surface area contributed by atoms with E-state index in [0.717, 1.165) is 42.4 Å². The van der Waals surface area contributed by atoms with Crippen LogP contribution < -0.4 is 0 Å². The number of hydrogen-bond donors (Lipinski definition) is 0. The summed E-state index contributed by atoms with van der Waals surface area (Å²) in [5.74, 6) is 1.04. The molecule has 0 saturated carbocycles. The van der Waals surface area contributed by atoms with Crippen LogP contribution in [0, 0.1) is 5.92 Å². The first-order valence-corrected chi connectivity index (χ1v) is 11.3. The standard InChI is InChI=1S/C24H27N5O3/c30-22(17-5-9-29(10-6-17)24(31)15-28-7-1-2-8-28)13-20-12-19-11-18(23-14-25-16-32-23)3-4-21(19)27-26-20/h3-4,11-12,14,16-17H,1-2,5-10,13,15H2. The smallest absolute Gasteiger partial charge is 0.236 e. The molecule has 0 unspecified atom stereocenters. The Hall–Kier alpha value is -3.13. The van der Waals surface area contributed by atoms with Gasteiger partial charge in [-0.05, 0) is 63.0 Å². The minimum atomic E-state index is -0.0242. The second-order valence-corrected chi connectivity index (χ2v) is 8.76. The molecule has 3 aromatic rings. The third-order valence-corrected chi connectivity index (χ3v) is 6.57. The number of ketones is 1. The van der Waals surface area contributed by atoms with Gasteiger partial charge in [0.15, 0.2) is 12.2 Å². The molecular weight excluding hydrogens is 406 g/mol. The molecule has 2 fully saturated rings. The minimum Gasteiger partial charge on any atom is -0.444 e. The zero-order chi connectivity index (χ0) is 21.9. The lowest BCUT2D eigenvalue weighted by molar-refractivity contribution is -0.135. The summed E-state index contributed by atoms with van der Waals surface area (Å²) >= 11 is 0. The van der Waals surface area contributed by atoms with Crippen LogP contribution in [0.3, 0.4) is 0 Å². The number of hydrogen-bond acceptors (Lipinski definition) is 7. The van der Waals surface area contributed by atoms with Crippen LogP contribution in [0.2, 0.25) is 0 Å². The maximum atomic E-state index is 12.9. The van der Waals surface area contributed by atoms with Crippen LogP contribution in [-0.4, -0.2) is 69.4 Å². The summed E-state index contributed by atoms with van der Waals surface area (Å²) in [6.45, 7) is 3.88. The number of oxazole rings is 1. The van der Waals surface area contributed by atoms with Gasteiger partial charge in [-0.1, -0.05) is 0 Å². The summed E-state index contributed by atoms with van der Waals surface area (Å²) < 4.78 is 5.37. The Balaban J connectivity index is 1.19. The summed E-state index contributed by atoms with van der Waals surface area (Å²) in [7, 11) is 0. The van der Waals surface area contributed by atoms with Gasteiger partial charge in [-0.15, -0.1) is 0 Å². The number of amides is 1. The van der Waals surface area contributed by atoms with Crippen molar-refractivity contribution < 1.29 is 14.0 Å². The van der Waals surface area contributed by atoms with Crippen LogP contribution in [0.4, 0.5) is 0 Å². The zero-order valence-corrected chi connectivity index (χ0v) is 18.1. The van der Waals surface area contributed by atoms with Crippen molar-refractivity contribution in [2.45, 2.75) is 32.1 Å². The van der Waals surface area contributed by atoms with Gasteiger partial charge >= 0.3 is 0 Å². The molecule has 0 atom stereocenters. The Labute approximate surface area is 186 Å². The van der Waals surface area contributed by atoms with Crippen molar-refractivity contribution in [1.82, 2.24) is 25.0 Å². The van der Waals surface area contributed by atoms with Crippen LogP contribution in [0.25, 0.3) is 22.2 Å². The third kappa shape index (κ3) is 4.55. The molecule has 2 aromatic heterocycles. The van der Waals surface area contributed by atoms with Gasteiger partial charge in [-0.25, -0.2) is 4.98 Å². The van der Waals surface area contributed by atoms with Crippen molar-refractivity contribution >= 4 is 22.6 Å². The fourth-order valence-electron chi connectivity index (χ4n) is 4.69. The molecular formula is C24H27N5O3. The van der Waals surface area contributed by atoms with Gasteiger partial charge < -0.3 is 9.32 Å². The number of carbonyl (C=O) groups is 2. The van der Waals surface area contributed by atoms with E-state index in [2.05, 4.69) is 20.1 Å². The molecule has 2 aliphatic rings. The Kier molecular flexibility index (Phi) is 5.94. The molecule has 166 valence electrons. The first-order valence-electron chi connectivity index (χ1n) is 11.3. The van der Waals surface area contributed by atoms with Crippen LogP contribution >= 0.6 is 0 Å². The summed E-state index contributed by atoms with van der Waals surface area (Å²) in [4.78, 5) is 33.5. The number of carbonyl (C=O) groups excluding carboxylic acids is 2. The average Bonchev–Trinajstić information content (AvgIpc) is 3.53. The van der Waals surface area contributed by atoms with Gasteiger partial charge in [0, 0.05) is 30.0 Å². The predicted molar refractivity (Wildman–Crippen MR) is 119 cm³/mol. The van der Waals surface area contributed by atoms with Gasteiger partial charge in [0.2, 0.25) is 5.91 Å². The molecule has 4 heterocycles. The Bertz CT molecular complexity index is 1100. The van der Waals surface area contributed by atoms with E-state index < -0.39 is 0 Å². The number of rotatable bonds is 6. The highest BCUT2D eigenvalue weighted by atomic mass is 16.3. The van der Waals surface area contributed by atoms with Gasteiger partial charge in [0.1, 0.15) is 5.78 Å². The second kappa shape index (κ2) is 9.16. The van der Waals surface area contributed by atoms with Gasteiger partial charge in [0.05, 0.1) is 30.4 Å². The molecule has 32 heavy (non-hydrogen) atoms. The molecule has 2 saturated heterocycles. The molecule has 0 radical (unpaired) electrons. The quantitative estimate of drug-likeness (QED) is 0.590. The summed E-state index contributed by atoms with van der Waals surface area (Å²) in [6.07, 6.45) is 7.15. The van der Waals surface area contributed by atoms with Gasteiger partial charge in [-0.2, -0.15) is 10.2 Å². The number of nitrogens with zero attached hydrogens (tertiary/aromatic N) is 5. The second-order valence-electron chi connectivity index (χ2n) is 8.76.